The summed E-state index contributed by atoms with van der Waals surface area (Å²) in [4.78, 5) is 0. The molecule has 5 nitrogen and oxygen atoms in total. The molecule has 0 aromatic carbocycles. The first-order valence-electron chi connectivity index (χ1n) is 3.34. The van der Waals surface area contributed by atoms with E-state index in [1.54, 1.807) is 6.92 Å². The Labute approximate surface area is 74.0 Å². The van der Waals surface area contributed by atoms with Gasteiger partial charge < -0.3 is 14.1 Å². The van der Waals surface area contributed by atoms with Crippen molar-refractivity contribution in [3.8, 4) is 0 Å². The Hall–Kier alpha value is -0.170. The highest BCUT2D eigenvalue weighted by Crippen LogP contribution is 1.94. The minimum Gasteiger partial charge on any atom is -0.748 e. The van der Waals surface area contributed by atoms with Gasteiger partial charge in [-0.05, 0) is 0 Å². The lowest BCUT2D eigenvalue weighted by Crippen LogP contribution is -2.42. The maximum absolute atomic E-state index is 9.08. The number of hydrogen-bond donors (Lipinski definition) is 1. The van der Waals surface area contributed by atoms with E-state index in [2.05, 4.69) is 0 Å². The highest BCUT2D eigenvalue weighted by atomic mass is 32.2. The summed E-state index contributed by atoms with van der Waals surface area (Å²) < 4.78 is 27.8. The van der Waals surface area contributed by atoms with Crippen LogP contribution in [0.2, 0.25) is 0 Å². The molecule has 76 valence electrons. The second-order valence-corrected chi connectivity index (χ2v) is 4.86. The first-order chi connectivity index (χ1) is 4.94. The smallest absolute Gasteiger partial charge is 0.187 e. The van der Waals surface area contributed by atoms with Crippen molar-refractivity contribution in [2.24, 2.45) is 0 Å². The Kier molecular flexibility index (Phi) is 5.69. The van der Waals surface area contributed by atoms with Gasteiger partial charge in [0, 0.05) is 13.2 Å². The average Bonchev–Trinajstić information content (AvgIpc) is 1.55. The fourth-order valence-corrected chi connectivity index (χ4v) is 0. The zero-order valence-corrected chi connectivity index (χ0v) is 8.92. The zero-order valence-electron chi connectivity index (χ0n) is 8.10. The van der Waals surface area contributed by atoms with Gasteiger partial charge in [-0.2, -0.15) is 0 Å². The molecule has 0 aliphatic carbocycles. The van der Waals surface area contributed by atoms with Crippen molar-refractivity contribution in [2.75, 3.05) is 27.4 Å². The molecule has 1 atom stereocenters. The van der Waals surface area contributed by atoms with Gasteiger partial charge in [0.05, 0.1) is 31.3 Å². The van der Waals surface area contributed by atoms with Crippen LogP contribution in [0.5, 0.6) is 0 Å². The molecule has 1 N–H and O–H groups in total. The van der Waals surface area contributed by atoms with Gasteiger partial charge in [-0.3, -0.25) is 0 Å². The maximum atomic E-state index is 9.08. The van der Waals surface area contributed by atoms with Crippen molar-refractivity contribution in [3.63, 3.8) is 0 Å². The van der Waals surface area contributed by atoms with Crippen molar-refractivity contribution in [3.05, 3.63) is 0 Å². The summed E-state index contributed by atoms with van der Waals surface area (Å²) in [5.74, 6) is 0. The molecule has 0 aromatic heterocycles. The van der Waals surface area contributed by atoms with Crippen LogP contribution in [0, 0.1) is 0 Å². The van der Waals surface area contributed by atoms with Gasteiger partial charge in [-0.25, -0.2) is 8.42 Å². The van der Waals surface area contributed by atoms with Crippen LogP contribution in [0.15, 0.2) is 0 Å². The van der Waals surface area contributed by atoms with Crippen molar-refractivity contribution >= 4 is 10.1 Å². The molecule has 12 heavy (non-hydrogen) atoms. The first kappa shape index (κ1) is 14.4. The van der Waals surface area contributed by atoms with E-state index < -0.39 is 10.1 Å². The predicted octanol–water partition coefficient (Wildman–Crippen LogP) is -0.808. The molecule has 0 spiro atoms. The van der Waals surface area contributed by atoms with Crippen LogP contribution in [0.1, 0.15) is 6.92 Å². The van der Waals surface area contributed by atoms with Crippen molar-refractivity contribution < 1.29 is 22.6 Å². The number of rotatable bonds is 1. The van der Waals surface area contributed by atoms with E-state index in [0.717, 1.165) is 0 Å². The van der Waals surface area contributed by atoms with Crippen LogP contribution in [-0.4, -0.2) is 56.2 Å². The Morgan fingerprint density at radius 2 is 1.42 bits per heavy atom. The van der Waals surface area contributed by atoms with Crippen molar-refractivity contribution in [1.29, 1.82) is 0 Å². The monoisotopic (exact) mass is 199 g/mol. The largest absolute Gasteiger partial charge is 0.748 e. The molecular formula is C6H17NO4S. The van der Waals surface area contributed by atoms with Crippen LogP contribution < -0.4 is 0 Å². The second-order valence-electron chi connectivity index (χ2n) is 3.45. The highest BCUT2D eigenvalue weighted by Gasteiger charge is 2.12. The zero-order chi connectivity index (χ0) is 10.6. The molecule has 0 heterocycles. The summed E-state index contributed by atoms with van der Waals surface area (Å²) in [6.45, 7) is 1.78. The number of aliphatic hydroxyl groups is 1. The lowest BCUT2D eigenvalue weighted by Gasteiger charge is -2.26. The van der Waals surface area contributed by atoms with Gasteiger partial charge in [-0.1, -0.05) is 0 Å². The fourth-order valence-electron chi connectivity index (χ4n) is 0. The van der Waals surface area contributed by atoms with E-state index in [0.29, 0.717) is 10.7 Å². The van der Waals surface area contributed by atoms with E-state index >= 15 is 0 Å². The Morgan fingerprint density at radius 1 is 1.33 bits per heavy atom. The molecule has 0 fully saturated rings. The molecule has 0 radical (unpaired) electrons. The van der Waals surface area contributed by atoms with E-state index in [1.807, 2.05) is 21.1 Å². The van der Waals surface area contributed by atoms with Crippen LogP contribution in [0.3, 0.4) is 0 Å². The van der Waals surface area contributed by atoms with Gasteiger partial charge in [0.15, 0.2) is 6.23 Å². The molecular weight excluding hydrogens is 182 g/mol. The van der Waals surface area contributed by atoms with Gasteiger partial charge in [-0.15, -0.1) is 0 Å². The van der Waals surface area contributed by atoms with Gasteiger partial charge >= 0.3 is 0 Å². The second kappa shape index (κ2) is 4.76. The van der Waals surface area contributed by atoms with Gasteiger partial charge in [0.25, 0.3) is 0 Å². The molecule has 0 aromatic rings. The lowest BCUT2D eigenvalue weighted by atomic mass is 10.5. The van der Waals surface area contributed by atoms with Gasteiger partial charge in [0.1, 0.15) is 0 Å². The summed E-state index contributed by atoms with van der Waals surface area (Å²) in [6.07, 6.45) is 0.340. The van der Waals surface area contributed by atoms with Crippen molar-refractivity contribution in [2.45, 2.75) is 13.2 Å². The standard InChI is InChI=1S/C5H14NO.CH4O3S/c1-5(7)6(2,3)4;1-5(2,3)4/h5,7H,1-4H3;1H3,(H,2,3,4)/q+1;/p-1. The normalized spacial score (nSPS) is 14.6. The minimum absolute atomic E-state index is 0.264. The van der Waals surface area contributed by atoms with Gasteiger partial charge in [0.2, 0.25) is 0 Å². The topological polar surface area (TPSA) is 77.4 Å². The minimum atomic E-state index is -3.92. The number of quaternary nitrogens is 1. The third-order valence-electron chi connectivity index (χ3n) is 1.12. The number of aliphatic hydroxyl groups excluding tert-OH is 1. The van der Waals surface area contributed by atoms with E-state index in [9.17, 15) is 0 Å². The van der Waals surface area contributed by atoms with Crippen LogP contribution >= 0.6 is 0 Å². The molecule has 0 rings (SSSR count). The molecule has 0 aliphatic heterocycles. The Bertz CT molecular complexity index is 194. The molecule has 0 amide bonds. The molecule has 0 bridgehead atoms. The fraction of sp³-hybridized carbons (Fsp3) is 1.00. The van der Waals surface area contributed by atoms with Crippen LogP contribution in [-0.2, 0) is 10.1 Å². The van der Waals surface area contributed by atoms with E-state index in [1.165, 1.54) is 0 Å². The summed E-state index contributed by atoms with van der Waals surface area (Å²) in [5, 5.41) is 8.86. The molecule has 0 saturated heterocycles. The Morgan fingerprint density at radius 3 is 1.42 bits per heavy atom. The average molecular weight is 199 g/mol. The summed E-state index contributed by atoms with van der Waals surface area (Å²) in [6, 6.07) is 0. The quantitative estimate of drug-likeness (QED) is 0.340. The third-order valence-corrected chi connectivity index (χ3v) is 1.12. The third kappa shape index (κ3) is 22.5. The van der Waals surface area contributed by atoms with E-state index in [4.69, 9.17) is 18.1 Å². The summed E-state index contributed by atoms with van der Waals surface area (Å²) in [7, 11) is 1.93. The molecule has 0 aliphatic rings. The summed E-state index contributed by atoms with van der Waals surface area (Å²) in [5.41, 5.74) is 0. The lowest BCUT2D eigenvalue weighted by molar-refractivity contribution is -0.916. The molecule has 1 unspecified atom stereocenters. The number of hydrogen-bond acceptors (Lipinski definition) is 4. The van der Waals surface area contributed by atoms with Crippen LogP contribution in [0.4, 0.5) is 0 Å². The molecule has 6 heteroatoms. The molecule has 0 saturated carbocycles. The Balaban J connectivity index is 0. The maximum Gasteiger partial charge on any atom is 0.187 e. The van der Waals surface area contributed by atoms with E-state index in [-0.39, 0.29) is 6.23 Å². The predicted molar refractivity (Wildman–Crippen MR) is 45.3 cm³/mol. The summed E-state index contributed by atoms with van der Waals surface area (Å²) >= 11 is 0. The highest BCUT2D eigenvalue weighted by molar-refractivity contribution is 7.84. The first-order valence-corrected chi connectivity index (χ1v) is 5.16. The van der Waals surface area contributed by atoms with Crippen molar-refractivity contribution in [1.82, 2.24) is 0 Å². The number of nitrogens with zero attached hydrogens (tertiary/aromatic N) is 1. The van der Waals surface area contributed by atoms with Crippen LogP contribution in [0.25, 0.3) is 0 Å². The SMILES string of the molecule is CC(O)[N+](C)(C)C.CS(=O)(=O)[O-].